The Morgan fingerprint density at radius 2 is 1.94 bits per heavy atom. The van der Waals surface area contributed by atoms with Gasteiger partial charge in [0.25, 0.3) is 0 Å². The summed E-state index contributed by atoms with van der Waals surface area (Å²) in [7, 11) is 3.33. The number of hydrogen-bond acceptors (Lipinski definition) is 3. The summed E-state index contributed by atoms with van der Waals surface area (Å²) in [5.74, 6) is 1.48. The molecule has 0 fully saturated rings. The Morgan fingerprint density at radius 1 is 1.19 bits per heavy atom. The van der Waals surface area contributed by atoms with E-state index in [1.165, 1.54) is 27.2 Å². The summed E-state index contributed by atoms with van der Waals surface area (Å²) in [5.41, 5.74) is 5.06. The first-order valence-electron chi connectivity index (χ1n) is 11.2. The first-order chi connectivity index (χ1) is 15.0. The molecule has 0 saturated heterocycles. The molecule has 1 aliphatic heterocycles. The molecule has 31 heavy (non-hydrogen) atoms. The third-order valence-corrected chi connectivity index (χ3v) is 6.04. The van der Waals surface area contributed by atoms with E-state index in [1.807, 2.05) is 0 Å². The monoisotopic (exact) mass is 426 g/mol. The molecule has 0 aromatic heterocycles. The Balaban J connectivity index is 1.94. The fraction of sp³-hybridized carbons (Fsp3) is 0.480. The van der Waals surface area contributed by atoms with Crippen LogP contribution in [0.15, 0.2) is 36.4 Å². The molecule has 2 amide bonds. The summed E-state index contributed by atoms with van der Waals surface area (Å²) in [6.45, 7) is 8.84. The van der Waals surface area contributed by atoms with Crippen LogP contribution in [0.3, 0.4) is 0 Å². The average Bonchev–Trinajstić information content (AvgIpc) is 2.76. The van der Waals surface area contributed by atoms with Crippen molar-refractivity contribution in [3.63, 3.8) is 0 Å². The van der Waals surface area contributed by atoms with Crippen molar-refractivity contribution >= 4 is 6.03 Å². The molecule has 2 aromatic carbocycles. The molecule has 2 aromatic rings. The minimum absolute atomic E-state index is 0.0474. The third-order valence-electron chi connectivity index (χ3n) is 6.04. The van der Waals surface area contributed by atoms with Crippen molar-refractivity contribution in [2.45, 2.75) is 52.2 Å². The number of benzene rings is 2. The maximum absolute atomic E-state index is 12.4. The molecule has 0 aliphatic carbocycles. The number of rotatable bonds is 8. The summed E-state index contributed by atoms with van der Waals surface area (Å²) in [6.07, 6.45) is 1.87. The Hall–Kier alpha value is -2.73. The van der Waals surface area contributed by atoms with Gasteiger partial charge in [-0.2, -0.15) is 0 Å². The first kappa shape index (κ1) is 22.9. The molecule has 0 radical (unpaired) electrons. The molecular weight excluding hydrogens is 390 g/mol. The second-order valence-corrected chi connectivity index (χ2v) is 8.40. The molecule has 3 atom stereocenters. The fourth-order valence-electron chi connectivity index (χ4n) is 4.60. The highest BCUT2D eigenvalue weighted by Crippen LogP contribution is 2.35. The van der Waals surface area contributed by atoms with Crippen LogP contribution in [0.1, 0.15) is 48.6 Å². The summed E-state index contributed by atoms with van der Waals surface area (Å²) < 4.78 is 11.1. The van der Waals surface area contributed by atoms with Crippen LogP contribution in [-0.2, 0) is 13.0 Å². The van der Waals surface area contributed by atoms with Crippen molar-refractivity contribution in [2.75, 3.05) is 27.3 Å². The molecule has 168 valence electrons. The van der Waals surface area contributed by atoms with Gasteiger partial charge in [-0.15, -0.1) is 0 Å². The second-order valence-electron chi connectivity index (χ2n) is 8.40. The van der Waals surface area contributed by atoms with E-state index >= 15 is 0 Å². The number of fused-ring (bicyclic) bond motifs is 1. The van der Waals surface area contributed by atoms with Gasteiger partial charge in [-0.1, -0.05) is 36.8 Å². The van der Waals surface area contributed by atoms with Gasteiger partial charge in [0.05, 0.1) is 26.8 Å². The standard InChI is InChI=1S/C25H35N3O3/c1-6-11-26-25(29)27-18(3)24-21-15-23(31-5)22(30-4)14-20(21)10-12-28(24)16-19-9-7-8-17(2)13-19/h7-9,13-15,18,24H,6,10-12,16H2,1-5H3,(H2,26,27,29)/p+1/t18-,24+/m0/s1. The predicted octanol–water partition coefficient (Wildman–Crippen LogP) is 2.79. The fourth-order valence-corrected chi connectivity index (χ4v) is 4.60. The average molecular weight is 427 g/mol. The largest absolute Gasteiger partial charge is 0.493 e. The molecule has 3 rings (SSSR count). The van der Waals surface area contributed by atoms with Crippen molar-refractivity contribution in [1.82, 2.24) is 10.6 Å². The van der Waals surface area contributed by atoms with E-state index in [0.29, 0.717) is 6.54 Å². The highest BCUT2D eigenvalue weighted by Gasteiger charge is 2.37. The number of nitrogens with one attached hydrogen (secondary N) is 3. The molecule has 1 aliphatic rings. The number of methoxy groups -OCH3 is 2. The van der Waals surface area contributed by atoms with Crippen LogP contribution >= 0.6 is 0 Å². The number of quaternary nitrogens is 1. The van der Waals surface area contributed by atoms with Crippen LogP contribution in [-0.4, -0.2) is 39.4 Å². The first-order valence-corrected chi connectivity index (χ1v) is 11.2. The molecule has 6 heteroatoms. The number of carbonyl (C=O) groups is 1. The van der Waals surface area contributed by atoms with Crippen LogP contribution in [0, 0.1) is 6.92 Å². The lowest BCUT2D eigenvalue weighted by molar-refractivity contribution is -0.948. The molecular formula is C25H36N3O3+. The number of carbonyl (C=O) groups excluding carboxylic acids is 1. The van der Waals surface area contributed by atoms with E-state index in [4.69, 9.17) is 9.47 Å². The van der Waals surface area contributed by atoms with Crippen LogP contribution < -0.4 is 25.0 Å². The maximum atomic E-state index is 12.4. The number of amides is 2. The minimum Gasteiger partial charge on any atom is -0.493 e. The van der Waals surface area contributed by atoms with Crippen LogP contribution in [0.25, 0.3) is 0 Å². The van der Waals surface area contributed by atoms with E-state index < -0.39 is 0 Å². The molecule has 0 spiro atoms. The van der Waals surface area contributed by atoms with Crippen LogP contribution in [0.4, 0.5) is 4.79 Å². The molecule has 6 nitrogen and oxygen atoms in total. The van der Waals surface area contributed by atoms with E-state index in [1.54, 1.807) is 14.2 Å². The Kier molecular flexibility index (Phi) is 7.80. The van der Waals surface area contributed by atoms with Gasteiger partial charge in [-0.3, -0.25) is 0 Å². The lowest BCUT2D eigenvalue weighted by Gasteiger charge is -2.38. The van der Waals surface area contributed by atoms with Gasteiger partial charge in [0.2, 0.25) is 0 Å². The summed E-state index contributed by atoms with van der Waals surface area (Å²) in [5, 5.41) is 6.11. The third kappa shape index (κ3) is 5.50. The number of aryl methyl sites for hydroxylation is 1. The Labute approximate surface area is 185 Å². The van der Waals surface area contributed by atoms with Crippen molar-refractivity contribution < 1.29 is 19.2 Å². The molecule has 0 saturated carbocycles. The smallest absolute Gasteiger partial charge is 0.315 e. The lowest BCUT2D eigenvalue weighted by Crippen LogP contribution is -3.13. The van der Waals surface area contributed by atoms with Crippen molar-refractivity contribution in [3.8, 4) is 11.5 Å². The summed E-state index contributed by atoms with van der Waals surface area (Å²) >= 11 is 0. The van der Waals surface area contributed by atoms with Crippen molar-refractivity contribution in [1.29, 1.82) is 0 Å². The van der Waals surface area contributed by atoms with Gasteiger partial charge in [0.15, 0.2) is 11.5 Å². The predicted molar refractivity (Wildman–Crippen MR) is 123 cm³/mol. The van der Waals surface area contributed by atoms with Gasteiger partial charge in [0, 0.05) is 24.1 Å². The van der Waals surface area contributed by atoms with Crippen LogP contribution in [0.2, 0.25) is 0 Å². The minimum atomic E-state index is -0.114. The SMILES string of the molecule is CCCNC(=O)N[C@@H](C)[C@@H]1c2cc(OC)c(OC)cc2CC[NH+]1Cc1cccc(C)c1. The molecule has 1 unspecified atom stereocenters. The molecule has 3 N–H and O–H groups in total. The van der Waals surface area contributed by atoms with E-state index in [0.717, 1.165) is 37.4 Å². The highest BCUT2D eigenvalue weighted by atomic mass is 16.5. The van der Waals surface area contributed by atoms with Gasteiger partial charge in [-0.05, 0) is 38.0 Å². The zero-order chi connectivity index (χ0) is 22.4. The Bertz CT molecular complexity index is 900. The topological polar surface area (TPSA) is 64.0 Å². The number of urea groups is 1. The van der Waals surface area contributed by atoms with E-state index in [2.05, 4.69) is 67.8 Å². The van der Waals surface area contributed by atoms with Crippen molar-refractivity contribution in [2.24, 2.45) is 0 Å². The summed E-state index contributed by atoms with van der Waals surface area (Å²) in [4.78, 5) is 13.9. The summed E-state index contributed by atoms with van der Waals surface area (Å²) in [6, 6.07) is 12.8. The maximum Gasteiger partial charge on any atom is 0.315 e. The van der Waals surface area contributed by atoms with E-state index in [-0.39, 0.29) is 18.1 Å². The van der Waals surface area contributed by atoms with Crippen molar-refractivity contribution in [3.05, 3.63) is 58.7 Å². The zero-order valence-electron chi connectivity index (χ0n) is 19.4. The quantitative estimate of drug-likeness (QED) is 0.608. The Morgan fingerprint density at radius 3 is 2.61 bits per heavy atom. The zero-order valence-corrected chi connectivity index (χ0v) is 19.4. The van der Waals surface area contributed by atoms with Gasteiger partial charge < -0.3 is 25.0 Å². The molecule has 0 bridgehead atoms. The highest BCUT2D eigenvalue weighted by molar-refractivity contribution is 5.74. The van der Waals surface area contributed by atoms with E-state index in [9.17, 15) is 4.79 Å². The molecule has 1 heterocycles. The number of ether oxygens (including phenoxy) is 2. The second kappa shape index (κ2) is 10.5. The van der Waals surface area contributed by atoms with Gasteiger partial charge >= 0.3 is 6.03 Å². The van der Waals surface area contributed by atoms with Gasteiger partial charge in [-0.25, -0.2) is 4.79 Å². The lowest BCUT2D eigenvalue weighted by atomic mass is 9.87. The van der Waals surface area contributed by atoms with Crippen LogP contribution in [0.5, 0.6) is 11.5 Å². The normalized spacial score (nSPS) is 18.6. The van der Waals surface area contributed by atoms with Gasteiger partial charge in [0.1, 0.15) is 12.6 Å². The number of hydrogen-bond donors (Lipinski definition) is 3.